The van der Waals surface area contributed by atoms with Crippen molar-refractivity contribution in [1.29, 1.82) is 0 Å². The number of rotatable bonds is 31. The van der Waals surface area contributed by atoms with Crippen LogP contribution in [0.5, 0.6) is 0 Å². The van der Waals surface area contributed by atoms with Crippen LogP contribution < -0.4 is 0 Å². The number of hydrogen-bond acceptors (Lipinski definition) is 7. The molecule has 0 aliphatic heterocycles. The first kappa shape index (κ1) is 42.8. The third-order valence-electron chi connectivity index (χ3n) is 7.30. The van der Waals surface area contributed by atoms with Crippen LogP contribution in [0.15, 0.2) is 12.2 Å². The average Bonchev–Trinajstić information content (AvgIpc) is 2.95. The minimum Gasteiger partial charge on any atom is -0.462 e. The summed E-state index contributed by atoms with van der Waals surface area (Å²) >= 11 is 0. The molecule has 0 bridgehead atoms. The van der Waals surface area contributed by atoms with Crippen LogP contribution in [0.4, 0.5) is 0 Å². The van der Waals surface area contributed by atoms with Crippen molar-refractivity contribution in [3.63, 3.8) is 0 Å². The second-order valence-electron chi connectivity index (χ2n) is 12.9. The summed E-state index contributed by atoms with van der Waals surface area (Å²) in [6.45, 7) is 4.29. The smallest absolute Gasteiger partial charge is 0.462 e. The number of esters is 2. The van der Waals surface area contributed by atoms with E-state index in [0.29, 0.717) is 17.4 Å². The molecule has 0 rings (SSSR count). The fourth-order valence-electron chi connectivity index (χ4n) is 4.48. The first-order valence-corrected chi connectivity index (χ1v) is 18.9. The maximum Gasteiger partial charge on any atom is 0.472 e. The van der Waals surface area contributed by atoms with E-state index in [1.165, 1.54) is 44.9 Å². The van der Waals surface area contributed by atoms with Crippen molar-refractivity contribution in [2.45, 2.75) is 148 Å². The lowest BCUT2D eigenvalue weighted by molar-refractivity contribution is -0.870. The third-order valence-corrected chi connectivity index (χ3v) is 8.28. The van der Waals surface area contributed by atoms with Crippen LogP contribution in [0, 0.1) is 0 Å². The summed E-state index contributed by atoms with van der Waals surface area (Å²) in [5.74, 6) is -0.822. The molecule has 2 atom stereocenters. The zero-order valence-corrected chi connectivity index (χ0v) is 29.8. The number of hydrogen-bond donors (Lipinski definition) is 1. The van der Waals surface area contributed by atoms with Gasteiger partial charge in [-0.3, -0.25) is 18.6 Å². The van der Waals surface area contributed by atoms with E-state index < -0.39 is 26.5 Å². The standard InChI is InChI=1S/C34H66NO8P/c1-6-8-10-12-13-14-15-16-17-18-19-20-21-23-25-27-34(37)43-32(30-40-33(36)26-24-22-11-9-7-2)31-42-44(38,39)41-29-28-35(3,4)5/h16-17,32H,6-15,18-31H2,1-5H3/p+1/b17-16+/t32-/m0/s1. The number of phosphoric acid groups is 1. The largest absolute Gasteiger partial charge is 0.472 e. The minimum absolute atomic E-state index is 0.0320. The molecule has 0 aromatic carbocycles. The summed E-state index contributed by atoms with van der Waals surface area (Å²) in [5, 5.41) is 0. The molecule has 44 heavy (non-hydrogen) atoms. The zero-order valence-electron chi connectivity index (χ0n) is 28.9. The number of allylic oxidation sites excluding steroid dienone is 2. The van der Waals surface area contributed by atoms with Gasteiger partial charge in [0, 0.05) is 12.8 Å². The van der Waals surface area contributed by atoms with Gasteiger partial charge in [0.2, 0.25) is 0 Å². The number of ether oxygens (including phenoxy) is 2. The van der Waals surface area contributed by atoms with Crippen molar-refractivity contribution in [1.82, 2.24) is 0 Å². The van der Waals surface area contributed by atoms with E-state index in [2.05, 4.69) is 26.0 Å². The molecule has 0 amide bonds. The van der Waals surface area contributed by atoms with Gasteiger partial charge in [-0.1, -0.05) is 103 Å². The Morgan fingerprint density at radius 3 is 1.68 bits per heavy atom. The van der Waals surface area contributed by atoms with Crippen molar-refractivity contribution in [2.75, 3.05) is 47.5 Å². The summed E-state index contributed by atoms with van der Waals surface area (Å²) in [5.41, 5.74) is 0. The van der Waals surface area contributed by atoms with E-state index in [1.807, 2.05) is 21.1 Å². The summed E-state index contributed by atoms with van der Waals surface area (Å²) in [7, 11) is 1.47. The normalized spacial score (nSPS) is 14.0. The molecule has 1 unspecified atom stereocenters. The van der Waals surface area contributed by atoms with Crippen LogP contribution in [0.25, 0.3) is 0 Å². The molecule has 0 radical (unpaired) electrons. The van der Waals surface area contributed by atoms with Crippen LogP contribution in [0.1, 0.15) is 142 Å². The number of carbonyl (C=O) groups is 2. The Hall–Kier alpha value is -1.25. The lowest BCUT2D eigenvalue weighted by Gasteiger charge is -2.24. The highest BCUT2D eigenvalue weighted by Crippen LogP contribution is 2.43. The van der Waals surface area contributed by atoms with Crippen molar-refractivity contribution < 1.29 is 42.1 Å². The van der Waals surface area contributed by atoms with Crippen molar-refractivity contribution in [3.05, 3.63) is 12.2 Å². The van der Waals surface area contributed by atoms with Crippen molar-refractivity contribution in [3.8, 4) is 0 Å². The minimum atomic E-state index is -4.35. The second-order valence-corrected chi connectivity index (χ2v) is 14.4. The molecule has 0 aromatic heterocycles. The average molecular weight is 649 g/mol. The molecule has 0 fully saturated rings. The van der Waals surface area contributed by atoms with Crippen LogP contribution in [0.3, 0.4) is 0 Å². The molecule has 260 valence electrons. The second kappa shape index (κ2) is 28.0. The SMILES string of the molecule is CCCCCCCC/C=C/CCCCCCCC(=O)O[C@@H](COC(=O)CCCCCCC)COP(=O)(O)OCC[N+](C)(C)C. The van der Waals surface area contributed by atoms with Gasteiger partial charge in [0.05, 0.1) is 27.7 Å². The molecule has 0 saturated carbocycles. The highest BCUT2D eigenvalue weighted by Gasteiger charge is 2.27. The zero-order chi connectivity index (χ0) is 32.9. The Morgan fingerprint density at radius 1 is 0.682 bits per heavy atom. The van der Waals surface area contributed by atoms with Crippen LogP contribution in [0.2, 0.25) is 0 Å². The maximum absolute atomic E-state index is 12.5. The van der Waals surface area contributed by atoms with Gasteiger partial charge in [0.25, 0.3) is 0 Å². The molecule has 0 aliphatic rings. The molecule has 0 spiro atoms. The van der Waals surface area contributed by atoms with Gasteiger partial charge in [-0.15, -0.1) is 0 Å². The highest BCUT2D eigenvalue weighted by atomic mass is 31.2. The lowest BCUT2D eigenvalue weighted by Crippen LogP contribution is -2.37. The number of unbranched alkanes of at least 4 members (excludes halogenated alkanes) is 15. The predicted molar refractivity (Wildman–Crippen MR) is 178 cm³/mol. The van der Waals surface area contributed by atoms with Crippen molar-refractivity contribution >= 4 is 19.8 Å². The Bertz CT molecular complexity index is 784. The highest BCUT2D eigenvalue weighted by molar-refractivity contribution is 7.47. The van der Waals surface area contributed by atoms with Gasteiger partial charge in [0.1, 0.15) is 19.8 Å². The van der Waals surface area contributed by atoms with Gasteiger partial charge in [-0.2, -0.15) is 0 Å². The monoisotopic (exact) mass is 648 g/mol. The fraction of sp³-hybridized carbons (Fsp3) is 0.882. The van der Waals surface area contributed by atoms with Crippen LogP contribution in [-0.4, -0.2) is 74.9 Å². The fourth-order valence-corrected chi connectivity index (χ4v) is 5.22. The Labute approximate surface area is 269 Å². The van der Waals surface area contributed by atoms with Crippen molar-refractivity contribution in [2.24, 2.45) is 0 Å². The third kappa shape index (κ3) is 30.8. The van der Waals surface area contributed by atoms with E-state index in [9.17, 15) is 19.0 Å². The molecular formula is C34H67NO8P+. The molecule has 0 aromatic rings. The molecule has 10 heteroatoms. The first-order valence-electron chi connectivity index (χ1n) is 17.4. The Morgan fingerprint density at radius 2 is 1.16 bits per heavy atom. The van der Waals surface area contributed by atoms with E-state index >= 15 is 0 Å². The van der Waals surface area contributed by atoms with E-state index in [4.69, 9.17) is 18.5 Å². The van der Waals surface area contributed by atoms with Gasteiger partial charge in [-0.25, -0.2) is 4.57 Å². The summed E-state index contributed by atoms with van der Waals surface area (Å²) in [6, 6.07) is 0. The van der Waals surface area contributed by atoms with Crippen LogP contribution >= 0.6 is 7.82 Å². The summed E-state index contributed by atoms with van der Waals surface area (Å²) in [4.78, 5) is 34.8. The van der Waals surface area contributed by atoms with Gasteiger partial charge >= 0.3 is 19.8 Å². The van der Waals surface area contributed by atoms with Crippen LogP contribution in [-0.2, 0) is 32.7 Å². The number of phosphoric ester groups is 1. The molecule has 9 nitrogen and oxygen atoms in total. The first-order chi connectivity index (χ1) is 21.0. The topological polar surface area (TPSA) is 108 Å². The molecule has 1 N–H and O–H groups in total. The molecule has 0 aliphatic carbocycles. The predicted octanol–water partition coefficient (Wildman–Crippen LogP) is 8.68. The lowest BCUT2D eigenvalue weighted by atomic mass is 10.1. The number of nitrogens with zero attached hydrogens (tertiary/aromatic N) is 1. The molecule has 0 saturated heterocycles. The number of carbonyl (C=O) groups excluding carboxylic acids is 2. The van der Waals surface area contributed by atoms with E-state index in [0.717, 1.165) is 64.2 Å². The number of likely N-dealkylation sites (N-methyl/N-ethyl adjacent to an activating group) is 1. The molecular weight excluding hydrogens is 581 g/mol. The summed E-state index contributed by atoms with van der Waals surface area (Å²) < 4.78 is 33.9. The van der Waals surface area contributed by atoms with Gasteiger partial charge in [-0.05, 0) is 38.5 Å². The number of quaternary nitrogens is 1. The van der Waals surface area contributed by atoms with E-state index in [-0.39, 0.29) is 32.0 Å². The van der Waals surface area contributed by atoms with Gasteiger partial charge < -0.3 is 18.9 Å². The van der Waals surface area contributed by atoms with E-state index in [1.54, 1.807) is 0 Å². The quantitative estimate of drug-likeness (QED) is 0.0262. The Balaban J connectivity index is 4.38. The van der Waals surface area contributed by atoms with Gasteiger partial charge in [0.15, 0.2) is 6.10 Å². The maximum atomic E-state index is 12.5. The molecule has 0 heterocycles. The summed E-state index contributed by atoms with van der Waals surface area (Å²) in [6.07, 6.45) is 24.4. The Kier molecular flexibility index (Phi) is 27.2.